The first kappa shape index (κ1) is 33.7. The average molecular weight is 641 g/mol. The van der Waals surface area contributed by atoms with Gasteiger partial charge in [0.25, 0.3) is 0 Å². The molecular weight excluding hydrogens is 598 g/mol. The molecule has 4 rings (SSSR count). The van der Waals surface area contributed by atoms with Gasteiger partial charge in [-0.15, -0.1) is 0 Å². The molecule has 0 saturated carbocycles. The summed E-state index contributed by atoms with van der Waals surface area (Å²) in [4.78, 5) is 0. The van der Waals surface area contributed by atoms with E-state index in [4.69, 9.17) is 22.8 Å². The SMILES string of the molecule is CCOP(=O)(Cc1ccc(-[n+]2ccc(-c3cc[n+](-c4ccc(CP(=O)(OCC)OCC)cc4)cc3OC)cc2)cc1)OCC. The van der Waals surface area contributed by atoms with Gasteiger partial charge in [-0.2, -0.15) is 9.13 Å². The lowest BCUT2D eigenvalue weighted by Gasteiger charge is -2.16. The summed E-state index contributed by atoms with van der Waals surface area (Å²) < 4.78 is 57.3. The fourth-order valence-electron chi connectivity index (χ4n) is 4.85. The third-order valence-electron chi connectivity index (χ3n) is 6.81. The third-order valence-corrected chi connectivity index (χ3v) is 10.9. The number of benzene rings is 2. The van der Waals surface area contributed by atoms with E-state index in [-0.39, 0.29) is 12.3 Å². The standard InChI is InChI=1S/C33H42N2O7P2/c1-6-39-43(36,40-7-2)25-27-10-14-30(15-11-27)34-21-18-29(19-22-34)32-20-23-35(24-33(32)38-5)31-16-12-28(13-17-31)26-44(37,41-8-3)42-9-4/h10-24H,6-9,25-26H2,1-5H3/q+2. The zero-order chi connectivity index (χ0) is 31.6. The van der Waals surface area contributed by atoms with Crippen LogP contribution in [0.4, 0.5) is 0 Å². The van der Waals surface area contributed by atoms with Gasteiger partial charge in [0.15, 0.2) is 24.3 Å². The molecule has 0 aliphatic carbocycles. The van der Waals surface area contributed by atoms with Crippen LogP contribution >= 0.6 is 15.2 Å². The van der Waals surface area contributed by atoms with Gasteiger partial charge in [0.1, 0.15) is 0 Å². The number of hydrogen-bond acceptors (Lipinski definition) is 7. The molecule has 234 valence electrons. The predicted molar refractivity (Wildman–Crippen MR) is 171 cm³/mol. The first-order valence-electron chi connectivity index (χ1n) is 14.8. The number of aromatic nitrogens is 2. The highest BCUT2D eigenvalue weighted by Crippen LogP contribution is 2.52. The van der Waals surface area contributed by atoms with Gasteiger partial charge >= 0.3 is 15.2 Å². The Morgan fingerprint density at radius 3 is 1.39 bits per heavy atom. The van der Waals surface area contributed by atoms with Crippen molar-refractivity contribution in [3.8, 4) is 28.3 Å². The Balaban J connectivity index is 1.48. The minimum Gasteiger partial charge on any atom is -0.490 e. The van der Waals surface area contributed by atoms with Crippen molar-refractivity contribution < 1.29 is 41.1 Å². The minimum atomic E-state index is -3.17. The van der Waals surface area contributed by atoms with Crippen LogP contribution < -0.4 is 13.9 Å². The van der Waals surface area contributed by atoms with Crippen LogP contribution in [0.1, 0.15) is 38.8 Å². The van der Waals surface area contributed by atoms with Crippen LogP contribution in [0.2, 0.25) is 0 Å². The number of ether oxygens (including phenoxy) is 1. The maximum absolute atomic E-state index is 12.9. The molecule has 9 nitrogen and oxygen atoms in total. The van der Waals surface area contributed by atoms with E-state index >= 15 is 0 Å². The topological polar surface area (TPSA) is 88.1 Å². The third kappa shape index (κ3) is 8.72. The van der Waals surface area contributed by atoms with Gasteiger partial charge in [-0.05, 0) is 44.4 Å². The monoisotopic (exact) mass is 640 g/mol. The van der Waals surface area contributed by atoms with Crippen molar-refractivity contribution in [3.63, 3.8) is 0 Å². The fraction of sp³-hybridized carbons (Fsp3) is 0.333. The zero-order valence-corrected chi connectivity index (χ0v) is 27.8. The van der Waals surface area contributed by atoms with Crippen LogP contribution in [0.3, 0.4) is 0 Å². The molecule has 0 saturated heterocycles. The van der Waals surface area contributed by atoms with Crippen molar-refractivity contribution >= 4 is 15.2 Å². The maximum atomic E-state index is 12.9. The van der Waals surface area contributed by atoms with Crippen molar-refractivity contribution in [3.05, 3.63) is 103 Å². The molecule has 0 aliphatic heterocycles. The van der Waals surface area contributed by atoms with Gasteiger partial charge in [0.05, 0.1) is 45.9 Å². The van der Waals surface area contributed by atoms with Gasteiger partial charge in [-0.3, -0.25) is 9.13 Å². The maximum Gasteiger partial charge on any atom is 0.335 e. The molecule has 0 N–H and O–H groups in total. The average Bonchev–Trinajstić information content (AvgIpc) is 3.02. The van der Waals surface area contributed by atoms with E-state index in [0.29, 0.717) is 26.4 Å². The lowest BCUT2D eigenvalue weighted by Crippen LogP contribution is -2.30. The molecule has 44 heavy (non-hydrogen) atoms. The summed E-state index contributed by atoms with van der Waals surface area (Å²) in [5, 5.41) is 0. The number of pyridine rings is 2. The summed E-state index contributed by atoms with van der Waals surface area (Å²) in [5.74, 6) is 0.726. The van der Waals surface area contributed by atoms with Crippen molar-refractivity contribution in [1.82, 2.24) is 0 Å². The Hall–Kier alpha value is -3.16. The molecular formula is C33H42N2O7P2+2. The smallest absolute Gasteiger partial charge is 0.335 e. The second-order valence-electron chi connectivity index (χ2n) is 9.87. The molecule has 0 unspecified atom stereocenters. The molecule has 0 spiro atoms. The summed E-state index contributed by atoms with van der Waals surface area (Å²) in [6.07, 6.45) is 8.39. The Labute approximate surface area is 260 Å². The van der Waals surface area contributed by atoms with Crippen molar-refractivity contribution in [2.24, 2.45) is 0 Å². The van der Waals surface area contributed by atoms with Crippen LogP contribution in [-0.2, 0) is 39.5 Å². The van der Waals surface area contributed by atoms with E-state index in [1.807, 2.05) is 128 Å². The fourth-order valence-corrected chi connectivity index (χ4v) is 8.26. The Kier molecular flexibility index (Phi) is 12.0. The molecule has 11 heteroatoms. The van der Waals surface area contributed by atoms with E-state index in [0.717, 1.165) is 39.4 Å². The van der Waals surface area contributed by atoms with E-state index in [1.165, 1.54) is 0 Å². The van der Waals surface area contributed by atoms with Gasteiger partial charge in [0.2, 0.25) is 17.6 Å². The van der Waals surface area contributed by atoms with Crippen molar-refractivity contribution in [2.45, 2.75) is 40.0 Å². The van der Waals surface area contributed by atoms with E-state index in [2.05, 4.69) is 0 Å². The van der Waals surface area contributed by atoms with Crippen LogP contribution in [-0.4, -0.2) is 33.5 Å². The quantitative estimate of drug-likeness (QED) is 0.0929. The molecule has 0 radical (unpaired) electrons. The van der Waals surface area contributed by atoms with Crippen LogP contribution in [0.5, 0.6) is 5.75 Å². The molecule has 0 atom stereocenters. The van der Waals surface area contributed by atoms with E-state index in [1.54, 1.807) is 7.11 Å². The highest BCUT2D eigenvalue weighted by atomic mass is 31.2. The van der Waals surface area contributed by atoms with Crippen molar-refractivity contribution in [1.29, 1.82) is 0 Å². The van der Waals surface area contributed by atoms with Gasteiger partial charge in [-0.1, -0.05) is 24.3 Å². The number of rotatable bonds is 16. The minimum absolute atomic E-state index is 0.226. The largest absolute Gasteiger partial charge is 0.490 e. The molecule has 4 aromatic rings. The predicted octanol–water partition coefficient (Wildman–Crippen LogP) is 7.45. The zero-order valence-electron chi connectivity index (χ0n) is 26.0. The van der Waals surface area contributed by atoms with Crippen LogP contribution in [0, 0.1) is 0 Å². The van der Waals surface area contributed by atoms with Crippen molar-refractivity contribution in [2.75, 3.05) is 33.5 Å². The molecule has 2 aromatic heterocycles. The number of hydrogen-bond donors (Lipinski definition) is 0. The first-order valence-corrected chi connectivity index (χ1v) is 18.3. The van der Waals surface area contributed by atoms with E-state index in [9.17, 15) is 9.13 Å². The Bertz CT molecular complexity index is 1570. The first-order chi connectivity index (χ1) is 21.2. The lowest BCUT2D eigenvalue weighted by atomic mass is 10.1. The van der Waals surface area contributed by atoms with Gasteiger partial charge in [0, 0.05) is 48.0 Å². The normalized spacial score (nSPS) is 11.9. The Morgan fingerprint density at radius 1 is 0.568 bits per heavy atom. The molecule has 0 bridgehead atoms. The second kappa shape index (κ2) is 15.7. The number of nitrogens with zero attached hydrogens (tertiary/aromatic N) is 2. The summed E-state index contributed by atoms with van der Waals surface area (Å²) >= 11 is 0. The summed E-state index contributed by atoms with van der Waals surface area (Å²) in [6.45, 7) is 8.59. The highest BCUT2D eigenvalue weighted by Gasteiger charge is 2.25. The van der Waals surface area contributed by atoms with E-state index < -0.39 is 15.2 Å². The summed E-state index contributed by atoms with van der Waals surface area (Å²) in [7, 11) is -4.66. The highest BCUT2D eigenvalue weighted by molar-refractivity contribution is 7.53. The summed E-state index contributed by atoms with van der Waals surface area (Å²) in [5.41, 5.74) is 5.65. The molecule has 0 aliphatic rings. The Morgan fingerprint density at radius 2 is 0.977 bits per heavy atom. The molecule has 2 heterocycles. The molecule has 0 amide bonds. The molecule has 0 fully saturated rings. The number of methoxy groups -OCH3 is 1. The van der Waals surface area contributed by atoms with Crippen LogP contribution in [0.25, 0.3) is 22.5 Å². The van der Waals surface area contributed by atoms with Gasteiger partial charge < -0.3 is 22.8 Å². The van der Waals surface area contributed by atoms with Crippen LogP contribution in [0.15, 0.2) is 91.5 Å². The summed E-state index contributed by atoms with van der Waals surface area (Å²) in [6, 6.07) is 21.8. The van der Waals surface area contributed by atoms with Gasteiger partial charge in [-0.25, -0.2) is 0 Å². The second-order valence-corrected chi connectivity index (χ2v) is 14.0. The lowest BCUT2D eigenvalue weighted by molar-refractivity contribution is -0.596. The molecule has 2 aromatic carbocycles.